The van der Waals surface area contributed by atoms with Gasteiger partial charge in [0.15, 0.2) is 0 Å². The summed E-state index contributed by atoms with van der Waals surface area (Å²) < 4.78 is 0. The molecule has 1 nitrogen and oxygen atoms in total. The minimum absolute atomic E-state index is 0.684. The number of aliphatic hydroxyl groups is 1. The van der Waals surface area contributed by atoms with Gasteiger partial charge in [0.1, 0.15) is 6.10 Å². The van der Waals surface area contributed by atoms with Gasteiger partial charge in [-0.3, -0.25) is 0 Å². The highest BCUT2D eigenvalue weighted by Gasteiger charge is 2.25. The van der Waals surface area contributed by atoms with Gasteiger partial charge in [-0.05, 0) is 12.0 Å². The van der Waals surface area contributed by atoms with Crippen molar-refractivity contribution in [3.63, 3.8) is 0 Å². The summed E-state index contributed by atoms with van der Waals surface area (Å²) in [4.78, 5) is 0. The molecule has 1 aliphatic carbocycles. The first kappa shape index (κ1) is 10.3. The average molecular weight is 192 g/mol. The molecule has 0 radical (unpaired) electrons. The average Bonchev–Trinajstić information content (AvgIpc) is 2.49. The van der Waals surface area contributed by atoms with E-state index in [0.717, 1.165) is 12.0 Å². The summed E-state index contributed by atoms with van der Waals surface area (Å²) in [5.74, 6) is 2.39. The fourth-order valence-electron chi connectivity index (χ4n) is 1.61. The van der Waals surface area contributed by atoms with E-state index in [4.69, 9.17) is 6.42 Å². The lowest BCUT2D eigenvalue weighted by molar-refractivity contribution is 0.266. The first-order valence-corrected chi connectivity index (χ1v) is 8.01. The summed E-state index contributed by atoms with van der Waals surface area (Å²) in [5, 5.41) is 10.9. The van der Waals surface area contributed by atoms with Crippen LogP contribution in [0.25, 0.3) is 0 Å². The van der Waals surface area contributed by atoms with Gasteiger partial charge < -0.3 is 5.11 Å². The zero-order chi connectivity index (χ0) is 10.1. The molecule has 0 saturated heterocycles. The number of aliphatic hydroxyl groups excluding tert-OH is 1. The monoisotopic (exact) mass is 192 g/mol. The summed E-state index contributed by atoms with van der Waals surface area (Å²) in [7, 11) is -1.33. The lowest BCUT2D eigenvalue weighted by atomic mass is 10.1. The second-order valence-corrected chi connectivity index (χ2v) is 9.40. The van der Waals surface area contributed by atoms with Gasteiger partial charge in [-0.25, -0.2) is 0 Å². The zero-order valence-electron chi connectivity index (χ0n) is 8.46. The Labute approximate surface area is 81.2 Å². The Morgan fingerprint density at radius 2 is 2.15 bits per heavy atom. The Hall–Kier alpha value is -0.783. The first-order chi connectivity index (χ1) is 5.96. The summed E-state index contributed by atoms with van der Waals surface area (Å²) in [6.45, 7) is 6.80. The SMILES string of the molecule is C#CC(O)C1=C([Si](C)(C)C)C=CC1. The number of hydrogen-bond acceptors (Lipinski definition) is 1. The van der Waals surface area contributed by atoms with Crippen LogP contribution in [0.3, 0.4) is 0 Å². The van der Waals surface area contributed by atoms with Gasteiger partial charge in [-0.15, -0.1) is 6.42 Å². The predicted molar refractivity (Wildman–Crippen MR) is 59.0 cm³/mol. The van der Waals surface area contributed by atoms with Crippen molar-refractivity contribution in [1.29, 1.82) is 0 Å². The Morgan fingerprint density at radius 1 is 1.54 bits per heavy atom. The van der Waals surface area contributed by atoms with Crippen LogP contribution in [-0.2, 0) is 0 Å². The standard InChI is InChI=1S/C11H16OSi/c1-5-10(12)9-7-6-8-11(9)13(2,3)4/h1,6,8,10,12H,7H2,2-4H3. The molecule has 0 bridgehead atoms. The van der Waals surface area contributed by atoms with Crippen LogP contribution in [0.1, 0.15) is 6.42 Å². The molecule has 2 heteroatoms. The van der Waals surface area contributed by atoms with Crippen LogP contribution in [0.2, 0.25) is 19.6 Å². The van der Waals surface area contributed by atoms with Crippen molar-refractivity contribution in [2.24, 2.45) is 0 Å². The molecule has 0 spiro atoms. The molecule has 0 aromatic carbocycles. The van der Waals surface area contributed by atoms with E-state index < -0.39 is 14.2 Å². The van der Waals surface area contributed by atoms with E-state index in [1.165, 1.54) is 5.20 Å². The van der Waals surface area contributed by atoms with Crippen molar-refractivity contribution in [2.75, 3.05) is 0 Å². The van der Waals surface area contributed by atoms with E-state index in [0.29, 0.717) is 0 Å². The number of terminal acetylenes is 1. The molecule has 1 N–H and O–H groups in total. The number of allylic oxidation sites excluding steroid dienone is 3. The largest absolute Gasteiger partial charge is 0.376 e. The van der Waals surface area contributed by atoms with Gasteiger partial charge in [-0.1, -0.05) is 42.9 Å². The molecule has 70 valence electrons. The fraction of sp³-hybridized carbons (Fsp3) is 0.455. The molecule has 13 heavy (non-hydrogen) atoms. The van der Waals surface area contributed by atoms with E-state index in [1.807, 2.05) is 0 Å². The minimum Gasteiger partial charge on any atom is -0.376 e. The van der Waals surface area contributed by atoms with Gasteiger partial charge in [0.05, 0.1) is 8.07 Å². The summed E-state index contributed by atoms with van der Waals surface area (Å²) in [6, 6.07) is 0. The fourth-order valence-corrected chi connectivity index (χ4v) is 3.43. The van der Waals surface area contributed by atoms with Crippen LogP contribution in [0.15, 0.2) is 22.9 Å². The smallest absolute Gasteiger partial charge is 0.136 e. The highest BCUT2D eigenvalue weighted by molar-refractivity contribution is 6.84. The van der Waals surface area contributed by atoms with Crippen molar-refractivity contribution < 1.29 is 5.11 Å². The molecule has 0 aromatic heterocycles. The van der Waals surface area contributed by atoms with E-state index in [-0.39, 0.29) is 0 Å². The van der Waals surface area contributed by atoms with Crippen molar-refractivity contribution in [1.82, 2.24) is 0 Å². The van der Waals surface area contributed by atoms with Crippen molar-refractivity contribution in [2.45, 2.75) is 32.2 Å². The van der Waals surface area contributed by atoms with E-state index in [9.17, 15) is 5.11 Å². The van der Waals surface area contributed by atoms with Crippen molar-refractivity contribution >= 4 is 8.07 Å². The van der Waals surface area contributed by atoms with Crippen LogP contribution < -0.4 is 0 Å². The molecule has 1 atom stereocenters. The van der Waals surface area contributed by atoms with E-state index in [1.54, 1.807) is 0 Å². The lowest BCUT2D eigenvalue weighted by Gasteiger charge is -2.20. The molecule has 0 aliphatic heterocycles. The first-order valence-electron chi connectivity index (χ1n) is 4.51. The Kier molecular flexibility index (Phi) is 2.80. The maximum atomic E-state index is 9.58. The van der Waals surface area contributed by atoms with Crippen LogP contribution in [-0.4, -0.2) is 19.3 Å². The quantitative estimate of drug-likeness (QED) is 0.525. The summed E-state index contributed by atoms with van der Waals surface area (Å²) >= 11 is 0. The third-order valence-electron chi connectivity index (χ3n) is 2.26. The third-order valence-corrected chi connectivity index (χ3v) is 4.37. The molecule has 0 aromatic rings. The molecule has 0 amide bonds. The zero-order valence-corrected chi connectivity index (χ0v) is 9.46. The lowest BCUT2D eigenvalue weighted by Crippen LogP contribution is -2.25. The minimum atomic E-state index is -1.33. The maximum absolute atomic E-state index is 9.58. The molecule has 0 fully saturated rings. The Morgan fingerprint density at radius 3 is 2.62 bits per heavy atom. The number of rotatable bonds is 2. The molecule has 0 saturated carbocycles. The number of hydrogen-bond donors (Lipinski definition) is 1. The van der Waals surface area contributed by atoms with Gasteiger partial charge in [-0.2, -0.15) is 0 Å². The molecule has 0 heterocycles. The molecule has 1 rings (SSSR count). The highest BCUT2D eigenvalue weighted by Crippen LogP contribution is 2.29. The predicted octanol–water partition coefficient (Wildman–Crippen LogP) is 2.11. The van der Waals surface area contributed by atoms with Crippen LogP contribution in [0.4, 0.5) is 0 Å². The van der Waals surface area contributed by atoms with E-state index in [2.05, 4.69) is 37.7 Å². The highest BCUT2D eigenvalue weighted by atomic mass is 28.3. The summed E-state index contributed by atoms with van der Waals surface area (Å²) in [6.07, 6.45) is 9.57. The van der Waals surface area contributed by atoms with Crippen molar-refractivity contribution in [3.8, 4) is 12.3 Å². The van der Waals surface area contributed by atoms with Gasteiger partial charge in [0.2, 0.25) is 0 Å². The molecule has 1 aliphatic rings. The van der Waals surface area contributed by atoms with Gasteiger partial charge >= 0.3 is 0 Å². The van der Waals surface area contributed by atoms with Gasteiger partial charge in [0, 0.05) is 0 Å². The molecule has 1 unspecified atom stereocenters. The Bertz CT molecular complexity index is 299. The van der Waals surface area contributed by atoms with Crippen LogP contribution in [0.5, 0.6) is 0 Å². The second kappa shape index (κ2) is 3.53. The van der Waals surface area contributed by atoms with Crippen LogP contribution >= 0.6 is 0 Å². The normalized spacial score (nSPS) is 19.0. The summed E-state index contributed by atoms with van der Waals surface area (Å²) in [5.41, 5.74) is 1.04. The van der Waals surface area contributed by atoms with E-state index >= 15 is 0 Å². The maximum Gasteiger partial charge on any atom is 0.136 e. The molecular formula is C11H16OSi. The topological polar surface area (TPSA) is 20.2 Å². The Balaban J connectivity index is 3.03. The van der Waals surface area contributed by atoms with Crippen LogP contribution in [0, 0.1) is 12.3 Å². The molecular weight excluding hydrogens is 176 g/mol. The van der Waals surface area contributed by atoms with Gasteiger partial charge in [0.25, 0.3) is 0 Å². The second-order valence-electron chi connectivity index (χ2n) is 4.36. The third kappa shape index (κ3) is 2.12. The van der Waals surface area contributed by atoms with Crippen molar-refractivity contribution in [3.05, 3.63) is 22.9 Å².